The normalized spacial score (nSPS) is 11.0. The van der Waals surface area contributed by atoms with Crippen LogP contribution in [0.25, 0.3) is 10.9 Å². The highest BCUT2D eigenvalue weighted by Gasteiger charge is 2.15. The van der Waals surface area contributed by atoms with E-state index in [2.05, 4.69) is 41.5 Å². The second kappa shape index (κ2) is 9.13. The number of aromatic nitrogens is 1. The lowest BCUT2D eigenvalue weighted by Crippen LogP contribution is -2.26. The van der Waals surface area contributed by atoms with Crippen LogP contribution < -0.4 is 10.1 Å². The number of nitrogens with one attached hydrogen (secondary N) is 2. The van der Waals surface area contributed by atoms with Crippen molar-refractivity contribution in [3.8, 4) is 5.75 Å². The Bertz CT molecular complexity index is 1140. The van der Waals surface area contributed by atoms with E-state index in [0.29, 0.717) is 23.6 Å². The number of benzene rings is 2. The molecule has 0 saturated carbocycles. The number of carbonyl (C=O) groups is 1. The van der Waals surface area contributed by atoms with E-state index in [9.17, 15) is 4.79 Å². The molecule has 2 heterocycles. The summed E-state index contributed by atoms with van der Waals surface area (Å²) in [7, 11) is 1.66. The fourth-order valence-electron chi connectivity index (χ4n) is 3.34. The number of aromatic amines is 1. The number of amides is 1. The van der Waals surface area contributed by atoms with Crippen molar-refractivity contribution in [1.82, 2.24) is 10.3 Å². The van der Waals surface area contributed by atoms with Gasteiger partial charge in [-0.3, -0.25) is 4.79 Å². The molecule has 0 aliphatic heterocycles. The molecule has 0 saturated heterocycles. The number of hydrogen-bond acceptors (Lipinski definition) is 4. The van der Waals surface area contributed by atoms with Crippen molar-refractivity contribution in [3.05, 3.63) is 83.4 Å². The molecule has 154 valence electrons. The van der Waals surface area contributed by atoms with Gasteiger partial charge in [-0.1, -0.05) is 17.7 Å². The van der Waals surface area contributed by atoms with E-state index in [4.69, 9.17) is 9.15 Å². The first-order chi connectivity index (χ1) is 14.6. The maximum absolute atomic E-state index is 12.7. The van der Waals surface area contributed by atoms with Gasteiger partial charge in [0.1, 0.15) is 11.5 Å². The lowest BCUT2D eigenvalue weighted by atomic mass is 10.1. The Kier molecular flexibility index (Phi) is 6.14. The Hall–Kier alpha value is -3.12. The van der Waals surface area contributed by atoms with Gasteiger partial charge in [-0.2, -0.15) is 0 Å². The van der Waals surface area contributed by atoms with E-state index < -0.39 is 0 Å². The van der Waals surface area contributed by atoms with Crippen molar-refractivity contribution in [3.63, 3.8) is 0 Å². The molecule has 4 aromatic rings. The van der Waals surface area contributed by atoms with Gasteiger partial charge in [0, 0.05) is 34.6 Å². The number of ether oxygens (including phenoxy) is 1. The van der Waals surface area contributed by atoms with E-state index in [1.165, 1.54) is 5.56 Å². The molecule has 30 heavy (non-hydrogen) atoms. The van der Waals surface area contributed by atoms with Crippen LogP contribution >= 0.6 is 11.8 Å². The molecule has 0 fully saturated rings. The summed E-state index contributed by atoms with van der Waals surface area (Å²) < 4.78 is 10.8. The third-order valence-corrected chi connectivity index (χ3v) is 6.05. The first-order valence-corrected chi connectivity index (χ1v) is 10.8. The minimum absolute atomic E-state index is 0.107. The topological polar surface area (TPSA) is 67.3 Å². The number of fused-ring (bicyclic) bond motifs is 1. The van der Waals surface area contributed by atoms with Crippen LogP contribution in [0.3, 0.4) is 0 Å². The van der Waals surface area contributed by atoms with E-state index >= 15 is 0 Å². The largest absolute Gasteiger partial charge is 0.497 e. The van der Waals surface area contributed by atoms with Gasteiger partial charge in [0.2, 0.25) is 0 Å². The first kappa shape index (κ1) is 20.2. The van der Waals surface area contributed by atoms with Crippen LogP contribution in [0.1, 0.15) is 27.2 Å². The number of hydrogen-bond donors (Lipinski definition) is 2. The lowest BCUT2D eigenvalue weighted by Gasteiger charge is -2.06. The van der Waals surface area contributed by atoms with Gasteiger partial charge in [-0.05, 0) is 49.2 Å². The lowest BCUT2D eigenvalue weighted by molar-refractivity contribution is 0.0952. The number of carbonyl (C=O) groups excluding carboxylic acids is 1. The van der Waals surface area contributed by atoms with Gasteiger partial charge >= 0.3 is 0 Å². The molecule has 4 rings (SSSR count). The summed E-state index contributed by atoms with van der Waals surface area (Å²) in [6, 6.07) is 16.0. The molecule has 0 atom stereocenters. The maximum atomic E-state index is 12.7. The Morgan fingerprint density at radius 3 is 2.80 bits per heavy atom. The highest BCUT2D eigenvalue weighted by Crippen LogP contribution is 2.26. The van der Waals surface area contributed by atoms with Crippen molar-refractivity contribution in [2.45, 2.75) is 24.0 Å². The monoisotopic (exact) mass is 420 g/mol. The maximum Gasteiger partial charge on any atom is 0.254 e. The number of H-pyrrole nitrogens is 1. The summed E-state index contributed by atoms with van der Waals surface area (Å²) in [5.41, 5.74) is 4.02. The predicted molar refractivity (Wildman–Crippen MR) is 120 cm³/mol. The number of aryl methyl sites for hydroxylation is 1. The minimum Gasteiger partial charge on any atom is -0.497 e. The Morgan fingerprint density at radius 1 is 1.17 bits per heavy atom. The summed E-state index contributed by atoms with van der Waals surface area (Å²) in [6.07, 6.45) is 4.30. The molecule has 0 radical (unpaired) electrons. The van der Waals surface area contributed by atoms with Crippen molar-refractivity contribution in [1.29, 1.82) is 0 Å². The van der Waals surface area contributed by atoms with Crippen molar-refractivity contribution < 1.29 is 13.9 Å². The van der Waals surface area contributed by atoms with Crippen LogP contribution in [-0.2, 0) is 12.2 Å². The summed E-state index contributed by atoms with van der Waals surface area (Å²) in [5.74, 6) is 2.02. The highest BCUT2D eigenvalue weighted by atomic mass is 32.2. The molecule has 6 heteroatoms. The summed E-state index contributed by atoms with van der Waals surface area (Å²) in [4.78, 5) is 17.1. The fraction of sp³-hybridized carbons (Fsp3) is 0.208. The molecule has 2 N–H and O–H groups in total. The second-order valence-corrected chi connectivity index (χ2v) is 8.14. The molecule has 5 nitrogen and oxygen atoms in total. The summed E-state index contributed by atoms with van der Waals surface area (Å²) in [6.45, 7) is 2.62. The van der Waals surface area contributed by atoms with Gasteiger partial charge in [0.25, 0.3) is 5.91 Å². The number of thioether (sulfide) groups is 1. The van der Waals surface area contributed by atoms with Gasteiger partial charge in [0.15, 0.2) is 0 Å². The Morgan fingerprint density at radius 2 is 2.00 bits per heavy atom. The number of rotatable bonds is 8. The standard InChI is InChI=1S/C24H24N2O3S/c1-16-3-6-19(7-4-16)30-15-23-21(10-12-29-23)24(27)25-11-9-17-14-26-22-13-18(28-2)5-8-20(17)22/h3-8,10,12-14,26H,9,11,15H2,1-2H3,(H,25,27). The zero-order valence-corrected chi connectivity index (χ0v) is 17.8. The van der Waals surface area contributed by atoms with Crippen LogP contribution in [0.4, 0.5) is 0 Å². The van der Waals surface area contributed by atoms with Gasteiger partial charge < -0.3 is 19.5 Å². The van der Waals surface area contributed by atoms with E-state index in [0.717, 1.165) is 33.5 Å². The quantitative estimate of drug-likeness (QED) is 0.378. The molecule has 0 bridgehead atoms. The zero-order chi connectivity index (χ0) is 20.9. The molecule has 2 aromatic carbocycles. The minimum atomic E-state index is -0.107. The predicted octanol–water partition coefficient (Wildman–Crippen LogP) is 5.34. The van der Waals surface area contributed by atoms with Crippen molar-refractivity contribution >= 4 is 28.6 Å². The van der Waals surface area contributed by atoms with Crippen LogP contribution in [-0.4, -0.2) is 24.5 Å². The van der Waals surface area contributed by atoms with Crippen LogP contribution in [0, 0.1) is 6.92 Å². The fourth-order valence-corrected chi connectivity index (χ4v) is 4.19. The molecule has 0 spiro atoms. The molecule has 0 aliphatic carbocycles. The average molecular weight is 421 g/mol. The third kappa shape index (κ3) is 4.54. The third-order valence-electron chi connectivity index (χ3n) is 5.04. The second-order valence-electron chi connectivity index (χ2n) is 7.09. The molecular formula is C24H24N2O3S. The van der Waals surface area contributed by atoms with Gasteiger partial charge in [-0.15, -0.1) is 11.8 Å². The first-order valence-electron chi connectivity index (χ1n) is 9.82. The summed E-state index contributed by atoms with van der Waals surface area (Å²) >= 11 is 1.66. The van der Waals surface area contributed by atoms with Crippen molar-refractivity contribution in [2.24, 2.45) is 0 Å². The number of methoxy groups -OCH3 is 1. The number of furan rings is 1. The molecular weight excluding hydrogens is 396 g/mol. The average Bonchev–Trinajstić information content (AvgIpc) is 3.40. The Balaban J connectivity index is 1.34. The smallest absolute Gasteiger partial charge is 0.254 e. The van der Waals surface area contributed by atoms with Crippen LogP contribution in [0.2, 0.25) is 0 Å². The van der Waals surface area contributed by atoms with Crippen LogP contribution in [0.15, 0.2) is 70.3 Å². The van der Waals surface area contributed by atoms with E-state index in [-0.39, 0.29) is 5.91 Å². The molecule has 0 aliphatic rings. The molecule has 2 aromatic heterocycles. The zero-order valence-electron chi connectivity index (χ0n) is 17.0. The van der Waals surface area contributed by atoms with Gasteiger partial charge in [-0.25, -0.2) is 0 Å². The van der Waals surface area contributed by atoms with E-state index in [1.54, 1.807) is 31.2 Å². The molecule has 1 amide bonds. The SMILES string of the molecule is COc1ccc2c(CCNC(=O)c3ccoc3CSc3ccc(C)cc3)c[nH]c2c1. The molecule has 0 unspecified atom stereocenters. The Labute approximate surface area is 179 Å². The summed E-state index contributed by atoms with van der Waals surface area (Å²) in [5, 5.41) is 4.15. The van der Waals surface area contributed by atoms with Crippen molar-refractivity contribution in [2.75, 3.05) is 13.7 Å². The highest BCUT2D eigenvalue weighted by molar-refractivity contribution is 7.98. The van der Waals surface area contributed by atoms with Gasteiger partial charge in [0.05, 0.1) is 24.7 Å². The van der Waals surface area contributed by atoms with E-state index in [1.807, 2.05) is 24.4 Å². The van der Waals surface area contributed by atoms with Crippen LogP contribution in [0.5, 0.6) is 5.75 Å².